The molecule has 0 radical (unpaired) electrons. The molecule has 0 saturated carbocycles. The molecule has 94 valence electrons. The van der Waals surface area contributed by atoms with Crippen molar-refractivity contribution in [3.8, 4) is 0 Å². The average molecular weight is 235 g/mol. The zero-order valence-corrected chi connectivity index (χ0v) is 11.3. The van der Waals surface area contributed by atoms with Crippen LogP contribution in [-0.2, 0) is 9.53 Å². The number of ether oxygens (including phenoxy) is 1. The van der Waals surface area contributed by atoms with Crippen molar-refractivity contribution in [2.75, 3.05) is 11.9 Å². The number of aryl methyl sites for hydroxylation is 2. The van der Waals surface area contributed by atoms with Crippen molar-refractivity contribution in [1.82, 2.24) is 0 Å². The van der Waals surface area contributed by atoms with E-state index in [2.05, 4.69) is 5.32 Å². The molecule has 0 aromatic heterocycles. The molecular weight excluding hydrogens is 214 g/mol. The maximum Gasteiger partial charge on any atom is 0.331 e. The molecule has 0 heterocycles. The smallest absolute Gasteiger partial charge is 0.331 e. The molecule has 3 heteroatoms. The van der Waals surface area contributed by atoms with E-state index in [-0.39, 0.29) is 5.97 Å². The number of anilines is 1. The minimum atomic E-state index is -0.715. The van der Waals surface area contributed by atoms with E-state index in [4.69, 9.17) is 4.74 Å². The average Bonchev–Trinajstić information content (AvgIpc) is 2.24. The summed E-state index contributed by atoms with van der Waals surface area (Å²) in [5.74, 6) is -0.234. The second kappa shape index (κ2) is 5.21. The highest BCUT2D eigenvalue weighted by Crippen LogP contribution is 2.24. The molecule has 0 fully saturated rings. The highest BCUT2D eigenvalue weighted by Gasteiger charge is 2.29. The number of para-hydroxylation sites is 1. The zero-order valence-electron chi connectivity index (χ0n) is 11.3. The molecule has 0 unspecified atom stereocenters. The summed E-state index contributed by atoms with van der Waals surface area (Å²) in [5, 5.41) is 3.26. The highest BCUT2D eigenvalue weighted by molar-refractivity contribution is 5.84. The van der Waals surface area contributed by atoms with Crippen molar-refractivity contribution in [3.05, 3.63) is 29.3 Å². The lowest BCUT2D eigenvalue weighted by Gasteiger charge is -2.27. The van der Waals surface area contributed by atoms with Gasteiger partial charge in [0.1, 0.15) is 5.54 Å². The monoisotopic (exact) mass is 235 g/mol. The van der Waals surface area contributed by atoms with Gasteiger partial charge in [-0.05, 0) is 45.7 Å². The lowest BCUT2D eigenvalue weighted by molar-refractivity contribution is -0.147. The van der Waals surface area contributed by atoms with Crippen molar-refractivity contribution in [2.45, 2.75) is 40.2 Å². The number of benzene rings is 1. The first-order valence-electron chi connectivity index (χ1n) is 5.90. The third-order valence-corrected chi connectivity index (χ3v) is 2.70. The van der Waals surface area contributed by atoms with E-state index in [1.807, 2.05) is 52.8 Å². The summed E-state index contributed by atoms with van der Waals surface area (Å²) in [4.78, 5) is 11.8. The Hall–Kier alpha value is -1.51. The standard InChI is InChI=1S/C14H21NO2/c1-6-17-13(16)14(4,5)15-12-10(2)8-7-9-11(12)3/h7-9,15H,6H2,1-5H3. The summed E-state index contributed by atoms with van der Waals surface area (Å²) in [6, 6.07) is 6.06. The van der Waals surface area contributed by atoms with Crippen molar-refractivity contribution in [2.24, 2.45) is 0 Å². The normalized spacial score (nSPS) is 11.1. The van der Waals surface area contributed by atoms with E-state index in [9.17, 15) is 4.79 Å². The van der Waals surface area contributed by atoms with Crippen LogP contribution in [0.25, 0.3) is 0 Å². The summed E-state index contributed by atoms with van der Waals surface area (Å²) in [5.41, 5.74) is 2.54. The Morgan fingerprint density at radius 3 is 2.29 bits per heavy atom. The third kappa shape index (κ3) is 3.22. The van der Waals surface area contributed by atoms with Gasteiger partial charge in [-0.2, -0.15) is 0 Å². The number of hydrogen-bond donors (Lipinski definition) is 1. The summed E-state index contributed by atoms with van der Waals surface area (Å²) in [7, 11) is 0. The van der Waals surface area contributed by atoms with E-state index in [0.717, 1.165) is 16.8 Å². The molecule has 1 aromatic carbocycles. The van der Waals surface area contributed by atoms with Gasteiger partial charge in [-0.25, -0.2) is 4.79 Å². The molecule has 0 spiro atoms. The van der Waals surface area contributed by atoms with E-state index < -0.39 is 5.54 Å². The van der Waals surface area contributed by atoms with Crippen LogP contribution in [0.5, 0.6) is 0 Å². The van der Waals surface area contributed by atoms with Gasteiger partial charge < -0.3 is 10.1 Å². The van der Waals surface area contributed by atoms with Gasteiger partial charge in [-0.3, -0.25) is 0 Å². The first kappa shape index (κ1) is 13.6. The number of hydrogen-bond acceptors (Lipinski definition) is 3. The van der Waals surface area contributed by atoms with Gasteiger partial charge in [-0.15, -0.1) is 0 Å². The number of nitrogens with one attached hydrogen (secondary N) is 1. The fourth-order valence-corrected chi connectivity index (χ4v) is 1.69. The second-order valence-electron chi connectivity index (χ2n) is 4.74. The van der Waals surface area contributed by atoms with Gasteiger partial charge >= 0.3 is 5.97 Å². The number of carbonyl (C=O) groups excluding carboxylic acids is 1. The molecule has 0 amide bonds. The van der Waals surface area contributed by atoms with Gasteiger partial charge in [0.25, 0.3) is 0 Å². The molecule has 1 aromatic rings. The van der Waals surface area contributed by atoms with Crippen LogP contribution in [0.3, 0.4) is 0 Å². The van der Waals surface area contributed by atoms with Crippen LogP contribution in [0, 0.1) is 13.8 Å². The van der Waals surface area contributed by atoms with Gasteiger partial charge in [0.15, 0.2) is 0 Å². The van der Waals surface area contributed by atoms with Gasteiger partial charge in [0.2, 0.25) is 0 Å². The Bertz CT molecular complexity index is 390. The Balaban J connectivity index is 2.93. The van der Waals surface area contributed by atoms with E-state index in [1.165, 1.54) is 0 Å². The van der Waals surface area contributed by atoms with E-state index in [1.54, 1.807) is 0 Å². The lowest BCUT2D eigenvalue weighted by atomic mass is 10.0. The molecule has 0 atom stereocenters. The summed E-state index contributed by atoms with van der Waals surface area (Å²) < 4.78 is 5.06. The zero-order chi connectivity index (χ0) is 13.1. The largest absolute Gasteiger partial charge is 0.464 e. The molecule has 1 N–H and O–H groups in total. The van der Waals surface area contributed by atoms with Crippen LogP contribution in [0.1, 0.15) is 31.9 Å². The van der Waals surface area contributed by atoms with Crippen LogP contribution in [0.15, 0.2) is 18.2 Å². The van der Waals surface area contributed by atoms with Crippen molar-refractivity contribution in [3.63, 3.8) is 0 Å². The second-order valence-corrected chi connectivity index (χ2v) is 4.74. The molecule has 0 bridgehead atoms. The number of carbonyl (C=O) groups is 1. The van der Waals surface area contributed by atoms with Crippen LogP contribution in [0.4, 0.5) is 5.69 Å². The van der Waals surface area contributed by atoms with E-state index >= 15 is 0 Å². The minimum absolute atomic E-state index is 0.234. The van der Waals surface area contributed by atoms with Gasteiger partial charge in [0.05, 0.1) is 6.61 Å². The predicted octanol–water partition coefficient (Wildman–Crippen LogP) is 3.06. The fraction of sp³-hybridized carbons (Fsp3) is 0.500. The topological polar surface area (TPSA) is 38.3 Å². The quantitative estimate of drug-likeness (QED) is 0.815. The predicted molar refractivity (Wildman–Crippen MR) is 70.3 cm³/mol. The lowest BCUT2D eigenvalue weighted by Crippen LogP contribution is -2.42. The summed E-state index contributed by atoms with van der Waals surface area (Å²) in [6.07, 6.45) is 0. The molecule has 0 aliphatic rings. The maximum atomic E-state index is 11.8. The van der Waals surface area contributed by atoms with Crippen molar-refractivity contribution < 1.29 is 9.53 Å². The molecule has 0 aliphatic carbocycles. The van der Waals surface area contributed by atoms with Crippen molar-refractivity contribution >= 4 is 11.7 Å². The first-order valence-corrected chi connectivity index (χ1v) is 5.90. The van der Waals surface area contributed by atoms with Gasteiger partial charge in [0, 0.05) is 5.69 Å². The van der Waals surface area contributed by atoms with Crippen LogP contribution in [-0.4, -0.2) is 18.1 Å². The van der Waals surface area contributed by atoms with Crippen LogP contribution >= 0.6 is 0 Å². The van der Waals surface area contributed by atoms with Crippen molar-refractivity contribution in [1.29, 1.82) is 0 Å². The van der Waals surface area contributed by atoms with Gasteiger partial charge in [-0.1, -0.05) is 18.2 Å². The SMILES string of the molecule is CCOC(=O)C(C)(C)Nc1c(C)cccc1C. The number of rotatable bonds is 4. The first-order chi connectivity index (χ1) is 7.88. The van der Waals surface area contributed by atoms with Crippen LogP contribution < -0.4 is 5.32 Å². The molecule has 3 nitrogen and oxygen atoms in total. The van der Waals surface area contributed by atoms with E-state index in [0.29, 0.717) is 6.61 Å². The fourth-order valence-electron chi connectivity index (χ4n) is 1.69. The Morgan fingerprint density at radius 2 is 1.82 bits per heavy atom. The Kier molecular flexibility index (Phi) is 4.16. The molecule has 0 saturated heterocycles. The Labute approximate surface area is 103 Å². The summed E-state index contributed by atoms with van der Waals surface area (Å²) in [6.45, 7) is 9.92. The highest BCUT2D eigenvalue weighted by atomic mass is 16.5. The molecular formula is C14H21NO2. The summed E-state index contributed by atoms with van der Waals surface area (Å²) >= 11 is 0. The molecule has 0 aliphatic heterocycles. The minimum Gasteiger partial charge on any atom is -0.464 e. The Morgan fingerprint density at radius 1 is 1.29 bits per heavy atom. The molecule has 17 heavy (non-hydrogen) atoms. The molecule has 1 rings (SSSR count). The maximum absolute atomic E-state index is 11.8. The van der Waals surface area contributed by atoms with Crippen LogP contribution in [0.2, 0.25) is 0 Å². The third-order valence-electron chi connectivity index (χ3n) is 2.70. The number of esters is 1.